The van der Waals surface area contributed by atoms with E-state index in [-0.39, 0.29) is 16.7 Å². The van der Waals surface area contributed by atoms with E-state index in [1.165, 1.54) is 4.31 Å². The molecule has 116 valence electrons. The summed E-state index contributed by atoms with van der Waals surface area (Å²) in [5, 5.41) is 4.87. The van der Waals surface area contributed by atoms with Gasteiger partial charge in [0.25, 0.3) is 10.0 Å². The summed E-state index contributed by atoms with van der Waals surface area (Å²) in [6.45, 7) is 0.518. The number of carbonyl (C=O) groups excluding carboxylic acids is 1. The van der Waals surface area contributed by atoms with Gasteiger partial charge in [-0.15, -0.1) is 11.3 Å². The lowest BCUT2D eigenvalue weighted by atomic mass is 10.0. The third-order valence-electron chi connectivity index (χ3n) is 3.39. The van der Waals surface area contributed by atoms with Crippen molar-refractivity contribution in [2.24, 2.45) is 0 Å². The van der Waals surface area contributed by atoms with Crippen LogP contribution in [0, 0.1) is 0 Å². The zero-order valence-corrected chi connectivity index (χ0v) is 13.8. The molecule has 1 aliphatic rings. The van der Waals surface area contributed by atoms with Gasteiger partial charge in [-0.1, -0.05) is 29.8 Å². The third kappa shape index (κ3) is 2.77. The van der Waals surface area contributed by atoms with Gasteiger partial charge in [-0.2, -0.15) is 4.31 Å². The zero-order valence-electron chi connectivity index (χ0n) is 11.4. The smallest absolute Gasteiger partial charge is 0.253 e. The lowest BCUT2D eigenvalue weighted by molar-refractivity contribution is -0.126. The largest absolute Gasteiger partial charge is 0.353 e. The average molecular weight is 357 g/mol. The molecule has 0 radical (unpaired) electrons. The summed E-state index contributed by atoms with van der Waals surface area (Å²) in [6.07, 6.45) is 0. The molecular weight excluding hydrogens is 344 g/mol. The second-order valence-corrected chi connectivity index (χ2v) is 8.30. The zero-order chi connectivity index (χ0) is 15.7. The number of hydrogen-bond donors (Lipinski definition) is 1. The lowest BCUT2D eigenvalue weighted by Gasteiger charge is -2.33. The van der Waals surface area contributed by atoms with E-state index in [2.05, 4.69) is 5.32 Å². The number of thiophene rings is 1. The van der Waals surface area contributed by atoms with Crippen LogP contribution in [0.25, 0.3) is 0 Å². The van der Waals surface area contributed by atoms with Crippen LogP contribution in [0.3, 0.4) is 0 Å². The van der Waals surface area contributed by atoms with E-state index in [0.717, 1.165) is 11.3 Å². The number of halogens is 1. The van der Waals surface area contributed by atoms with Crippen molar-refractivity contribution in [2.75, 3.05) is 13.1 Å². The van der Waals surface area contributed by atoms with E-state index in [1.54, 1.807) is 41.8 Å². The Morgan fingerprint density at radius 1 is 1.27 bits per heavy atom. The predicted molar refractivity (Wildman–Crippen MR) is 85.4 cm³/mol. The first kappa shape index (κ1) is 15.5. The minimum absolute atomic E-state index is 0.225. The van der Waals surface area contributed by atoms with E-state index in [0.29, 0.717) is 17.1 Å². The minimum Gasteiger partial charge on any atom is -0.353 e. The summed E-state index contributed by atoms with van der Waals surface area (Å²) < 4.78 is 27.0. The van der Waals surface area contributed by atoms with Crippen LogP contribution in [0.15, 0.2) is 46.0 Å². The molecule has 22 heavy (non-hydrogen) atoms. The predicted octanol–water partition coefficient (Wildman–Crippen LogP) is 2.26. The van der Waals surface area contributed by atoms with Gasteiger partial charge in [0.05, 0.1) is 0 Å². The topological polar surface area (TPSA) is 66.5 Å². The Morgan fingerprint density at radius 2 is 2.09 bits per heavy atom. The summed E-state index contributed by atoms with van der Waals surface area (Å²) in [4.78, 5) is 12.3. The van der Waals surface area contributed by atoms with Crippen molar-refractivity contribution < 1.29 is 13.2 Å². The number of hydrogen-bond acceptors (Lipinski definition) is 4. The third-order valence-corrected chi connectivity index (χ3v) is 6.86. The van der Waals surface area contributed by atoms with Gasteiger partial charge in [0.15, 0.2) is 0 Å². The van der Waals surface area contributed by atoms with Crippen LogP contribution in [-0.2, 0) is 14.8 Å². The molecule has 5 nitrogen and oxygen atoms in total. The fraction of sp³-hybridized carbons (Fsp3) is 0.214. The number of carbonyl (C=O) groups is 1. The molecule has 1 unspecified atom stereocenters. The highest BCUT2D eigenvalue weighted by Crippen LogP contribution is 2.32. The molecule has 0 saturated carbocycles. The maximum Gasteiger partial charge on any atom is 0.253 e. The lowest BCUT2D eigenvalue weighted by Crippen LogP contribution is -2.51. The summed E-state index contributed by atoms with van der Waals surface area (Å²) in [7, 11) is -3.71. The number of sulfonamides is 1. The van der Waals surface area contributed by atoms with E-state index < -0.39 is 16.1 Å². The van der Waals surface area contributed by atoms with Gasteiger partial charge in [-0.3, -0.25) is 4.79 Å². The monoisotopic (exact) mass is 356 g/mol. The van der Waals surface area contributed by atoms with Gasteiger partial charge < -0.3 is 5.32 Å². The normalized spacial score (nSPS) is 19.9. The van der Waals surface area contributed by atoms with Crippen LogP contribution in [0.4, 0.5) is 0 Å². The maximum atomic E-state index is 12.8. The highest BCUT2D eigenvalue weighted by Gasteiger charge is 2.39. The first-order chi connectivity index (χ1) is 10.5. The highest BCUT2D eigenvalue weighted by atomic mass is 35.5. The van der Waals surface area contributed by atoms with Crippen LogP contribution in [-0.4, -0.2) is 31.7 Å². The second-order valence-electron chi connectivity index (χ2n) is 4.80. The molecule has 3 rings (SSSR count). The van der Waals surface area contributed by atoms with Crippen molar-refractivity contribution in [3.8, 4) is 0 Å². The molecule has 1 amide bonds. The van der Waals surface area contributed by atoms with Crippen LogP contribution in [0.2, 0.25) is 5.02 Å². The number of amides is 1. The van der Waals surface area contributed by atoms with Crippen molar-refractivity contribution in [1.82, 2.24) is 9.62 Å². The van der Waals surface area contributed by atoms with Gasteiger partial charge >= 0.3 is 0 Å². The number of benzene rings is 1. The molecule has 2 aromatic rings. The second kappa shape index (κ2) is 6.00. The van der Waals surface area contributed by atoms with Gasteiger partial charge in [0.2, 0.25) is 5.91 Å². The first-order valence-corrected chi connectivity index (χ1v) is 9.28. The van der Waals surface area contributed by atoms with E-state index in [4.69, 9.17) is 11.6 Å². The number of rotatable bonds is 3. The Morgan fingerprint density at radius 3 is 2.77 bits per heavy atom. The van der Waals surface area contributed by atoms with E-state index in [1.807, 2.05) is 0 Å². The fourth-order valence-corrected chi connectivity index (χ4v) is 5.32. The Balaban J connectivity index is 2.06. The Bertz CT molecular complexity index is 790. The molecule has 0 bridgehead atoms. The average Bonchev–Trinajstić information content (AvgIpc) is 3.02. The molecule has 0 aliphatic carbocycles. The highest BCUT2D eigenvalue weighted by molar-refractivity contribution is 7.91. The van der Waals surface area contributed by atoms with Crippen LogP contribution < -0.4 is 5.32 Å². The molecule has 1 N–H and O–H groups in total. The standard InChI is InChI=1S/C14H13ClN2O3S2/c15-11-4-1-3-10(9-11)13-14(18)16-6-7-17(13)22(19,20)12-5-2-8-21-12/h1-5,8-9,13H,6-7H2,(H,16,18). The summed E-state index contributed by atoms with van der Waals surface area (Å²) >= 11 is 7.11. The summed E-state index contributed by atoms with van der Waals surface area (Å²) in [5.41, 5.74) is 0.560. The van der Waals surface area contributed by atoms with Gasteiger partial charge in [0, 0.05) is 18.1 Å². The first-order valence-electron chi connectivity index (χ1n) is 6.59. The molecule has 2 heterocycles. The van der Waals surface area contributed by atoms with Crippen LogP contribution in [0.5, 0.6) is 0 Å². The Labute approximate surface area is 137 Å². The van der Waals surface area contributed by atoms with Crippen molar-refractivity contribution in [2.45, 2.75) is 10.3 Å². The van der Waals surface area contributed by atoms with Crippen molar-refractivity contribution in [3.63, 3.8) is 0 Å². The summed E-state index contributed by atoms with van der Waals surface area (Å²) in [5.74, 6) is -0.339. The van der Waals surface area contributed by atoms with E-state index >= 15 is 0 Å². The fourth-order valence-electron chi connectivity index (χ4n) is 2.42. The molecule has 1 atom stereocenters. The van der Waals surface area contributed by atoms with Crippen LogP contribution in [0.1, 0.15) is 11.6 Å². The van der Waals surface area contributed by atoms with Crippen molar-refractivity contribution >= 4 is 38.9 Å². The molecule has 0 spiro atoms. The van der Waals surface area contributed by atoms with Gasteiger partial charge in [-0.05, 0) is 29.1 Å². The van der Waals surface area contributed by atoms with E-state index in [9.17, 15) is 13.2 Å². The quantitative estimate of drug-likeness (QED) is 0.917. The molecule has 1 aromatic heterocycles. The molecule has 1 aromatic carbocycles. The number of nitrogens with one attached hydrogen (secondary N) is 1. The molecule has 1 fully saturated rings. The van der Waals surface area contributed by atoms with Gasteiger partial charge in [0.1, 0.15) is 10.3 Å². The Kier molecular flexibility index (Phi) is 4.22. The number of nitrogens with zero attached hydrogens (tertiary/aromatic N) is 1. The molecular formula is C14H13ClN2O3S2. The maximum absolute atomic E-state index is 12.8. The molecule has 1 saturated heterocycles. The summed E-state index contributed by atoms with van der Waals surface area (Å²) in [6, 6.07) is 9.03. The van der Waals surface area contributed by atoms with Crippen LogP contribution >= 0.6 is 22.9 Å². The number of piperazine rings is 1. The molecule has 8 heteroatoms. The SMILES string of the molecule is O=C1NCCN(S(=O)(=O)c2cccs2)C1c1cccc(Cl)c1. The van der Waals surface area contributed by atoms with Crippen molar-refractivity contribution in [3.05, 3.63) is 52.4 Å². The van der Waals surface area contributed by atoms with Gasteiger partial charge in [-0.25, -0.2) is 8.42 Å². The Hall–Kier alpha value is -1.41. The minimum atomic E-state index is -3.71. The molecule has 1 aliphatic heterocycles. The van der Waals surface area contributed by atoms with Crippen molar-refractivity contribution in [1.29, 1.82) is 0 Å².